The molecule has 0 bridgehead atoms. The highest BCUT2D eigenvalue weighted by molar-refractivity contribution is 4.92. The Bertz CT molecular complexity index is 234. The molecule has 1 N–H and O–H groups in total. The fraction of sp³-hybridized carbons (Fsp3) is 1.00. The standard InChI is InChI=1S/C12H24F3N/c1-9(2,3)16-11(6,7)8-10(4,5)12(13,14)15/h16H,8H2,1-7H3. The molecule has 4 heteroatoms. The van der Waals surface area contributed by atoms with Crippen LogP contribution in [0.5, 0.6) is 0 Å². The minimum atomic E-state index is -4.16. The zero-order chi connectivity index (χ0) is 13.4. The van der Waals surface area contributed by atoms with Crippen molar-refractivity contribution in [3.63, 3.8) is 0 Å². The summed E-state index contributed by atoms with van der Waals surface area (Å²) in [5, 5.41) is 3.22. The Labute approximate surface area is 96.8 Å². The van der Waals surface area contributed by atoms with Crippen molar-refractivity contribution in [3.8, 4) is 0 Å². The first-order chi connectivity index (χ1) is 6.66. The van der Waals surface area contributed by atoms with Crippen molar-refractivity contribution in [3.05, 3.63) is 0 Å². The highest BCUT2D eigenvalue weighted by Gasteiger charge is 2.49. The summed E-state index contributed by atoms with van der Waals surface area (Å²) in [6, 6.07) is 0. The average Bonchev–Trinajstić information content (AvgIpc) is 1.72. The van der Waals surface area contributed by atoms with Crippen LogP contribution >= 0.6 is 0 Å². The van der Waals surface area contributed by atoms with E-state index < -0.39 is 17.1 Å². The summed E-state index contributed by atoms with van der Waals surface area (Å²) >= 11 is 0. The van der Waals surface area contributed by atoms with E-state index in [0.717, 1.165) is 0 Å². The second-order valence-corrected chi connectivity index (χ2v) is 6.82. The summed E-state index contributed by atoms with van der Waals surface area (Å²) in [7, 11) is 0. The number of halogens is 3. The second-order valence-electron chi connectivity index (χ2n) is 6.82. The maximum Gasteiger partial charge on any atom is 0.394 e. The molecule has 0 aromatic heterocycles. The first-order valence-corrected chi connectivity index (χ1v) is 5.52. The Morgan fingerprint density at radius 1 is 0.812 bits per heavy atom. The van der Waals surface area contributed by atoms with Gasteiger partial charge in [-0.3, -0.25) is 0 Å². The summed E-state index contributed by atoms with van der Waals surface area (Å²) in [6.45, 7) is 12.0. The van der Waals surface area contributed by atoms with Crippen LogP contribution in [0.25, 0.3) is 0 Å². The van der Waals surface area contributed by atoms with E-state index in [1.807, 2.05) is 34.6 Å². The molecule has 0 unspecified atom stereocenters. The highest BCUT2D eigenvalue weighted by atomic mass is 19.4. The van der Waals surface area contributed by atoms with E-state index in [-0.39, 0.29) is 12.0 Å². The predicted octanol–water partition coefficient (Wildman–Crippen LogP) is 4.13. The minimum absolute atomic E-state index is 0.0563. The molecule has 1 nitrogen and oxygen atoms in total. The first-order valence-electron chi connectivity index (χ1n) is 5.52. The topological polar surface area (TPSA) is 12.0 Å². The van der Waals surface area contributed by atoms with Gasteiger partial charge in [-0.05, 0) is 41.0 Å². The Balaban J connectivity index is 4.72. The van der Waals surface area contributed by atoms with Gasteiger partial charge in [0.2, 0.25) is 0 Å². The average molecular weight is 239 g/mol. The Morgan fingerprint density at radius 3 is 1.44 bits per heavy atom. The molecule has 0 aliphatic heterocycles. The quantitative estimate of drug-likeness (QED) is 0.780. The number of nitrogens with one attached hydrogen (secondary N) is 1. The number of alkyl halides is 3. The molecule has 0 aliphatic rings. The predicted molar refractivity (Wildman–Crippen MR) is 61.4 cm³/mol. The molecule has 0 fully saturated rings. The smallest absolute Gasteiger partial charge is 0.307 e. The fourth-order valence-corrected chi connectivity index (χ4v) is 2.26. The molecule has 0 saturated heterocycles. The normalized spacial score (nSPS) is 15.4. The van der Waals surface area contributed by atoms with Crippen molar-refractivity contribution in [2.45, 2.75) is 72.1 Å². The number of hydrogen-bond acceptors (Lipinski definition) is 1. The lowest BCUT2D eigenvalue weighted by Gasteiger charge is -2.41. The van der Waals surface area contributed by atoms with Gasteiger partial charge in [0.25, 0.3) is 0 Å². The van der Waals surface area contributed by atoms with E-state index in [0.29, 0.717) is 0 Å². The summed E-state index contributed by atoms with van der Waals surface area (Å²) < 4.78 is 38.3. The van der Waals surface area contributed by atoms with Crippen LogP contribution in [0.2, 0.25) is 0 Å². The van der Waals surface area contributed by atoms with Crippen LogP contribution < -0.4 is 5.32 Å². The van der Waals surface area contributed by atoms with Gasteiger partial charge in [0.05, 0.1) is 5.41 Å². The van der Waals surface area contributed by atoms with Gasteiger partial charge in [-0.1, -0.05) is 13.8 Å². The van der Waals surface area contributed by atoms with Gasteiger partial charge < -0.3 is 5.32 Å². The summed E-state index contributed by atoms with van der Waals surface area (Å²) in [4.78, 5) is 0. The second kappa shape index (κ2) is 4.21. The molecule has 98 valence electrons. The molecule has 0 atom stereocenters. The lowest BCUT2D eigenvalue weighted by molar-refractivity contribution is -0.218. The Hall–Kier alpha value is -0.250. The molecule has 0 amide bonds. The van der Waals surface area contributed by atoms with E-state index >= 15 is 0 Å². The van der Waals surface area contributed by atoms with Gasteiger partial charge in [0.1, 0.15) is 0 Å². The highest BCUT2D eigenvalue weighted by Crippen LogP contribution is 2.43. The third kappa shape index (κ3) is 5.19. The summed E-state index contributed by atoms with van der Waals surface area (Å²) in [5.74, 6) is 0. The molecule has 0 aromatic carbocycles. The third-order valence-corrected chi connectivity index (χ3v) is 2.36. The van der Waals surface area contributed by atoms with Crippen LogP contribution in [0.1, 0.15) is 54.9 Å². The number of rotatable bonds is 3. The molecular weight excluding hydrogens is 215 g/mol. The van der Waals surface area contributed by atoms with Crippen LogP contribution in [0.3, 0.4) is 0 Å². The van der Waals surface area contributed by atoms with Crippen molar-refractivity contribution in [1.82, 2.24) is 5.32 Å². The lowest BCUT2D eigenvalue weighted by atomic mass is 9.78. The third-order valence-electron chi connectivity index (χ3n) is 2.36. The van der Waals surface area contributed by atoms with Crippen LogP contribution in [0.15, 0.2) is 0 Å². The SMILES string of the molecule is CC(C)(C)NC(C)(C)CC(C)(C)C(F)(F)F. The zero-order valence-corrected chi connectivity index (χ0v) is 11.3. The van der Waals surface area contributed by atoms with Crippen molar-refractivity contribution in [2.24, 2.45) is 5.41 Å². The van der Waals surface area contributed by atoms with Crippen molar-refractivity contribution >= 4 is 0 Å². The molecule has 0 spiro atoms. The largest absolute Gasteiger partial charge is 0.394 e. The summed E-state index contributed by atoms with van der Waals surface area (Å²) in [6.07, 6.45) is -4.11. The van der Waals surface area contributed by atoms with Gasteiger partial charge in [-0.25, -0.2) is 0 Å². The van der Waals surface area contributed by atoms with E-state index in [2.05, 4.69) is 5.32 Å². The van der Waals surface area contributed by atoms with Gasteiger partial charge in [-0.2, -0.15) is 13.2 Å². The molecule has 0 saturated carbocycles. The van der Waals surface area contributed by atoms with E-state index in [1.165, 1.54) is 13.8 Å². The number of hydrogen-bond donors (Lipinski definition) is 1. The molecule has 0 aromatic rings. The van der Waals surface area contributed by atoms with Gasteiger partial charge >= 0.3 is 6.18 Å². The van der Waals surface area contributed by atoms with Crippen LogP contribution in [0.4, 0.5) is 13.2 Å². The van der Waals surface area contributed by atoms with Gasteiger partial charge in [0, 0.05) is 11.1 Å². The van der Waals surface area contributed by atoms with E-state index in [9.17, 15) is 13.2 Å². The zero-order valence-electron chi connectivity index (χ0n) is 11.3. The molecule has 16 heavy (non-hydrogen) atoms. The van der Waals surface area contributed by atoms with E-state index in [1.54, 1.807) is 0 Å². The molecule has 0 heterocycles. The fourth-order valence-electron chi connectivity index (χ4n) is 2.26. The van der Waals surface area contributed by atoms with E-state index in [4.69, 9.17) is 0 Å². The van der Waals surface area contributed by atoms with Crippen LogP contribution in [0, 0.1) is 5.41 Å². The van der Waals surface area contributed by atoms with Crippen molar-refractivity contribution < 1.29 is 13.2 Å². The summed E-state index contributed by atoms with van der Waals surface area (Å²) in [5.41, 5.74) is -2.41. The van der Waals surface area contributed by atoms with Crippen LogP contribution in [-0.4, -0.2) is 17.3 Å². The molecule has 0 rings (SSSR count). The Morgan fingerprint density at radius 2 is 1.19 bits per heavy atom. The lowest BCUT2D eigenvalue weighted by Crippen LogP contribution is -2.53. The van der Waals surface area contributed by atoms with Gasteiger partial charge in [0.15, 0.2) is 0 Å². The monoisotopic (exact) mass is 239 g/mol. The Kier molecular flexibility index (Phi) is 4.14. The molecular formula is C12H24F3N. The maximum atomic E-state index is 12.8. The van der Waals surface area contributed by atoms with Crippen molar-refractivity contribution in [1.29, 1.82) is 0 Å². The van der Waals surface area contributed by atoms with Crippen molar-refractivity contribution in [2.75, 3.05) is 0 Å². The molecule has 0 aliphatic carbocycles. The maximum absolute atomic E-state index is 12.8. The molecule has 0 radical (unpaired) electrons. The van der Waals surface area contributed by atoms with Crippen LogP contribution in [-0.2, 0) is 0 Å². The van der Waals surface area contributed by atoms with Gasteiger partial charge in [-0.15, -0.1) is 0 Å². The first kappa shape index (κ1) is 15.8. The minimum Gasteiger partial charge on any atom is -0.307 e.